The number of hydrogen-bond acceptors (Lipinski definition) is 8. The Morgan fingerprint density at radius 1 is 0.891 bits per heavy atom. The Hall–Kier alpha value is -5.98. The molecule has 13 heteroatoms. The van der Waals surface area contributed by atoms with Crippen molar-refractivity contribution in [3.8, 4) is 34.4 Å². The molecule has 0 fully saturated rings. The molecule has 0 radical (unpaired) electrons. The summed E-state index contributed by atoms with van der Waals surface area (Å²) in [4.78, 5) is 43.5. The summed E-state index contributed by atoms with van der Waals surface area (Å²) >= 11 is 0. The van der Waals surface area contributed by atoms with Crippen LogP contribution in [0.25, 0.3) is 16.6 Å². The second-order valence-corrected chi connectivity index (χ2v) is 10.1. The molecular weight excluding hydrogens is 602 g/mol. The van der Waals surface area contributed by atoms with E-state index in [0.717, 1.165) is 34.5 Å². The summed E-state index contributed by atoms with van der Waals surface area (Å²) in [6.45, 7) is 3.73. The topological polar surface area (TPSA) is 123 Å². The van der Waals surface area contributed by atoms with E-state index in [1.165, 1.54) is 49.2 Å². The van der Waals surface area contributed by atoms with Gasteiger partial charge in [0, 0.05) is 35.9 Å². The normalized spacial score (nSPS) is 10.7. The highest BCUT2D eigenvalue weighted by molar-refractivity contribution is 5.88. The van der Waals surface area contributed by atoms with Crippen molar-refractivity contribution >= 4 is 22.7 Å². The molecule has 0 saturated carbocycles. The second kappa shape index (κ2) is 13.3. The number of aromatic nitrogens is 3. The average molecular weight is 631 g/mol. The lowest BCUT2D eigenvalue weighted by Crippen LogP contribution is -2.39. The Bertz CT molecular complexity index is 2090. The monoisotopic (exact) mass is 630 g/mol. The minimum Gasteiger partial charge on any atom is -0.493 e. The van der Waals surface area contributed by atoms with Crippen LogP contribution in [0.5, 0.6) is 28.7 Å². The summed E-state index contributed by atoms with van der Waals surface area (Å²) in [5.74, 6) is -0.803. The number of fused-ring (bicyclic) bond motifs is 1. The zero-order chi connectivity index (χ0) is 33.0. The fraction of sp³-hybridized carbons (Fsp3) is 0.152. The molecule has 0 unspecified atom stereocenters. The molecule has 0 spiro atoms. The minimum atomic E-state index is -1.12. The van der Waals surface area contributed by atoms with Crippen molar-refractivity contribution in [1.82, 2.24) is 14.1 Å². The molecule has 0 aliphatic heterocycles. The minimum absolute atomic E-state index is 0.00225. The number of nitrogens with one attached hydrogen (secondary N) is 1. The second-order valence-electron chi connectivity index (χ2n) is 10.1. The van der Waals surface area contributed by atoms with Gasteiger partial charge in [-0.2, -0.15) is 0 Å². The van der Waals surface area contributed by atoms with Crippen LogP contribution >= 0.6 is 0 Å². The number of pyridine rings is 1. The Balaban J connectivity index is 1.39. The zero-order valence-electron chi connectivity index (χ0n) is 25.2. The first-order valence-electron chi connectivity index (χ1n) is 13.8. The van der Waals surface area contributed by atoms with Crippen LogP contribution in [0.4, 0.5) is 19.3 Å². The molecule has 0 saturated heterocycles. The number of rotatable bonds is 9. The fourth-order valence-corrected chi connectivity index (χ4v) is 4.44. The van der Waals surface area contributed by atoms with E-state index in [4.69, 9.17) is 18.9 Å². The maximum Gasteiger partial charge on any atom is 0.417 e. The molecule has 2 heterocycles. The van der Waals surface area contributed by atoms with Crippen LogP contribution in [0, 0.1) is 11.6 Å². The number of allylic oxidation sites excluding steroid dienone is 2. The number of nitrogens with zero attached hydrogens (tertiary/aromatic N) is 3. The van der Waals surface area contributed by atoms with Crippen LogP contribution in [-0.4, -0.2) is 34.4 Å². The van der Waals surface area contributed by atoms with E-state index in [9.17, 15) is 18.8 Å². The number of anilines is 1. The molecule has 0 aliphatic rings. The van der Waals surface area contributed by atoms with Crippen molar-refractivity contribution in [2.75, 3.05) is 19.5 Å². The lowest BCUT2D eigenvalue weighted by Gasteiger charge is -2.14. The molecule has 236 valence electrons. The lowest BCUT2D eigenvalue weighted by atomic mass is 10.2. The van der Waals surface area contributed by atoms with Crippen LogP contribution in [0.1, 0.15) is 13.8 Å². The van der Waals surface area contributed by atoms with Crippen LogP contribution in [0.2, 0.25) is 0 Å². The molecular formula is C33H28F2N4O7. The van der Waals surface area contributed by atoms with Gasteiger partial charge >= 0.3 is 17.3 Å². The summed E-state index contributed by atoms with van der Waals surface area (Å²) in [5.41, 5.74) is -0.170. The zero-order valence-corrected chi connectivity index (χ0v) is 25.2. The van der Waals surface area contributed by atoms with Gasteiger partial charge in [0.2, 0.25) is 5.75 Å². The third-order valence-corrected chi connectivity index (χ3v) is 6.71. The highest BCUT2D eigenvalue weighted by Crippen LogP contribution is 2.37. The van der Waals surface area contributed by atoms with Gasteiger partial charge in [-0.1, -0.05) is 11.6 Å². The summed E-state index contributed by atoms with van der Waals surface area (Å²) in [6, 6.07) is 13.3. The Labute approximate surface area is 260 Å². The number of methoxy groups -OCH3 is 2. The van der Waals surface area contributed by atoms with Crippen molar-refractivity contribution in [2.24, 2.45) is 0 Å². The number of carbonyl (C=O) groups is 1. The molecule has 2 aromatic heterocycles. The number of carbonyl (C=O) groups excluding carboxylic acids is 1. The van der Waals surface area contributed by atoms with Crippen molar-refractivity contribution in [3.05, 3.63) is 117 Å². The largest absolute Gasteiger partial charge is 0.493 e. The van der Waals surface area contributed by atoms with Crippen LogP contribution in [0.3, 0.4) is 0 Å². The van der Waals surface area contributed by atoms with Gasteiger partial charge in [-0.3, -0.25) is 19.7 Å². The van der Waals surface area contributed by atoms with E-state index >= 15 is 4.39 Å². The standard InChI is InChI=1S/C33H28F2N4O7/c1-19(2)12-14-38-18-30(31(40)39(33(38)42)22-8-5-20(34)6-9-22)46-32(41)37-21-7-10-27(24(35)15-21)45-26-11-13-36-25-17-29(44-4)28(43-3)16-23(25)26/h5-13,15-18H,14H2,1-4H3,(H,37,41). The summed E-state index contributed by atoms with van der Waals surface area (Å²) in [6.07, 6.45) is 3.22. The predicted octanol–water partition coefficient (Wildman–Crippen LogP) is 6.21. The van der Waals surface area contributed by atoms with Gasteiger partial charge in [-0.15, -0.1) is 0 Å². The highest BCUT2D eigenvalue weighted by atomic mass is 19.1. The molecule has 0 aliphatic carbocycles. The van der Waals surface area contributed by atoms with E-state index in [2.05, 4.69) is 10.3 Å². The van der Waals surface area contributed by atoms with Crippen molar-refractivity contribution < 1.29 is 32.5 Å². The van der Waals surface area contributed by atoms with E-state index in [1.807, 2.05) is 13.8 Å². The fourth-order valence-electron chi connectivity index (χ4n) is 4.44. The predicted molar refractivity (Wildman–Crippen MR) is 167 cm³/mol. The summed E-state index contributed by atoms with van der Waals surface area (Å²) in [5, 5.41) is 2.91. The third-order valence-electron chi connectivity index (χ3n) is 6.71. The first-order valence-corrected chi connectivity index (χ1v) is 13.8. The van der Waals surface area contributed by atoms with Crippen LogP contribution in [0.15, 0.2) is 94.3 Å². The molecule has 0 bridgehead atoms. The maximum atomic E-state index is 15.2. The number of benzene rings is 3. The SMILES string of the molecule is COc1cc2nccc(Oc3ccc(NC(=O)Oc4cn(CC=C(C)C)c(=O)n(-c5ccc(F)cc5)c4=O)cc3F)c2cc1OC. The van der Waals surface area contributed by atoms with Crippen molar-refractivity contribution in [1.29, 1.82) is 0 Å². The van der Waals surface area contributed by atoms with E-state index in [-0.39, 0.29) is 23.7 Å². The van der Waals surface area contributed by atoms with Crippen LogP contribution in [-0.2, 0) is 6.54 Å². The Kier molecular flexibility index (Phi) is 9.12. The van der Waals surface area contributed by atoms with E-state index < -0.39 is 34.7 Å². The smallest absolute Gasteiger partial charge is 0.417 e. The maximum absolute atomic E-state index is 15.2. The average Bonchev–Trinajstić information content (AvgIpc) is 3.03. The Morgan fingerprint density at radius 2 is 1.61 bits per heavy atom. The Morgan fingerprint density at radius 3 is 2.28 bits per heavy atom. The third kappa shape index (κ3) is 6.73. The molecule has 0 atom stereocenters. The van der Waals surface area contributed by atoms with Gasteiger partial charge in [-0.05, 0) is 62.4 Å². The van der Waals surface area contributed by atoms with Gasteiger partial charge in [-0.25, -0.2) is 22.9 Å². The number of halogens is 2. The number of ether oxygens (including phenoxy) is 4. The van der Waals surface area contributed by atoms with Gasteiger partial charge in [0.25, 0.3) is 0 Å². The van der Waals surface area contributed by atoms with Crippen molar-refractivity contribution in [2.45, 2.75) is 20.4 Å². The molecule has 1 N–H and O–H groups in total. The molecule has 1 amide bonds. The van der Waals surface area contributed by atoms with Gasteiger partial charge < -0.3 is 18.9 Å². The molecule has 3 aromatic carbocycles. The summed E-state index contributed by atoms with van der Waals surface area (Å²) in [7, 11) is 2.98. The van der Waals surface area contributed by atoms with Crippen molar-refractivity contribution in [3.63, 3.8) is 0 Å². The first kappa shape index (κ1) is 31.4. The van der Waals surface area contributed by atoms with Gasteiger partial charge in [0.05, 0.1) is 31.6 Å². The van der Waals surface area contributed by atoms with E-state index in [0.29, 0.717) is 28.2 Å². The number of amides is 1. The first-order chi connectivity index (χ1) is 22.1. The summed E-state index contributed by atoms with van der Waals surface area (Å²) < 4.78 is 52.4. The molecule has 5 aromatic rings. The lowest BCUT2D eigenvalue weighted by molar-refractivity contribution is 0.214. The highest BCUT2D eigenvalue weighted by Gasteiger charge is 2.18. The molecule has 11 nitrogen and oxygen atoms in total. The van der Waals surface area contributed by atoms with Gasteiger partial charge in [0.15, 0.2) is 23.1 Å². The number of hydrogen-bond donors (Lipinski definition) is 1. The molecule has 46 heavy (non-hydrogen) atoms. The van der Waals surface area contributed by atoms with Gasteiger partial charge in [0.1, 0.15) is 11.6 Å². The van der Waals surface area contributed by atoms with Crippen LogP contribution < -0.4 is 35.5 Å². The molecule has 5 rings (SSSR count). The van der Waals surface area contributed by atoms with E-state index in [1.54, 1.807) is 24.3 Å². The quantitative estimate of drug-likeness (QED) is 0.191.